The van der Waals surface area contributed by atoms with Gasteiger partial charge in [-0.3, -0.25) is 47.9 Å². The third kappa shape index (κ3) is 62.4. The first-order chi connectivity index (χ1) is 44.9. The monoisotopic (exact) mass is 1330 g/mol. The van der Waals surface area contributed by atoms with E-state index in [1.165, 1.54) is 12.5 Å². The second-order valence-corrected chi connectivity index (χ2v) is 21.5. The molecule has 0 fully saturated rings. The predicted octanol–water partition coefficient (Wildman–Crippen LogP) is 10.5. The lowest BCUT2D eigenvalue weighted by molar-refractivity contribution is -0.177. The molecule has 0 saturated carbocycles. The van der Waals surface area contributed by atoms with E-state index in [9.17, 15) is 52.7 Å². The summed E-state index contributed by atoms with van der Waals surface area (Å²) >= 11 is 0. The average molecular weight is 1330 g/mol. The summed E-state index contributed by atoms with van der Waals surface area (Å²) in [7, 11) is 0. The largest absolute Gasteiger partial charge is 0.516 e. The SMILES string of the molecule is C=COCCCCOC(=O)CCCCC(=O)OCCCCOC(=O)OC(=O)CCCCC(=O)OC(C)COCCCCOC(=O)CCCCC(=O)OCCCCOC(C)OC(=O)CCCCC(=O)OC(C)OCCCCOC(=O)CCCCC(=O)OCCCCOC=C. The van der Waals surface area contributed by atoms with Gasteiger partial charge in [-0.1, -0.05) is 13.2 Å². The minimum Gasteiger partial charge on any atom is -0.502 e. The lowest BCUT2D eigenvalue weighted by Gasteiger charge is -2.15. The van der Waals surface area contributed by atoms with Gasteiger partial charge in [-0.2, -0.15) is 0 Å². The summed E-state index contributed by atoms with van der Waals surface area (Å²) in [5.41, 5.74) is 0. The molecule has 0 saturated heterocycles. The summed E-state index contributed by atoms with van der Waals surface area (Å²) in [6, 6.07) is 0. The molecule has 0 rings (SSSR count). The maximum absolute atomic E-state index is 12.2. The number of carbonyl (C=O) groups excluding carboxylic acids is 11. The molecule has 0 radical (unpaired) electrons. The smallest absolute Gasteiger partial charge is 0.502 e. The van der Waals surface area contributed by atoms with Crippen LogP contribution in [0.4, 0.5) is 4.79 Å². The molecule has 0 spiro atoms. The van der Waals surface area contributed by atoms with Crippen molar-refractivity contribution in [3.8, 4) is 0 Å². The van der Waals surface area contributed by atoms with Crippen molar-refractivity contribution < 1.29 is 129 Å². The van der Waals surface area contributed by atoms with Crippen LogP contribution in [0.3, 0.4) is 0 Å². The van der Waals surface area contributed by atoms with Crippen molar-refractivity contribution in [2.24, 2.45) is 0 Å². The molecule has 3 unspecified atom stereocenters. The Bertz CT molecular complexity index is 2060. The fraction of sp³-hybridized carbons (Fsp3) is 0.773. The number of rotatable bonds is 64. The Morgan fingerprint density at radius 1 is 0.280 bits per heavy atom. The summed E-state index contributed by atoms with van der Waals surface area (Å²) in [5.74, 6) is -4.26. The highest BCUT2D eigenvalue weighted by atomic mass is 16.7. The topological polar surface area (TPSA) is 335 Å². The van der Waals surface area contributed by atoms with Crippen molar-refractivity contribution in [1.29, 1.82) is 0 Å². The second kappa shape index (κ2) is 62.6. The minimum atomic E-state index is -1.14. The normalized spacial score (nSPS) is 11.7. The van der Waals surface area contributed by atoms with Gasteiger partial charge in [0.25, 0.3) is 0 Å². The Balaban J connectivity index is 3.70. The highest BCUT2D eigenvalue weighted by Crippen LogP contribution is 2.12. The first-order valence-corrected chi connectivity index (χ1v) is 33.1. The molecule has 3 atom stereocenters. The maximum atomic E-state index is 12.2. The van der Waals surface area contributed by atoms with E-state index in [2.05, 4.69) is 17.9 Å². The molecule has 0 aliphatic rings. The van der Waals surface area contributed by atoms with Gasteiger partial charge in [-0.05, 0) is 162 Å². The van der Waals surface area contributed by atoms with Gasteiger partial charge >= 0.3 is 65.8 Å². The van der Waals surface area contributed by atoms with E-state index >= 15 is 0 Å². The van der Waals surface area contributed by atoms with E-state index in [1.54, 1.807) is 20.8 Å². The molecule has 0 amide bonds. The van der Waals surface area contributed by atoms with E-state index in [1.807, 2.05) is 0 Å². The zero-order valence-electron chi connectivity index (χ0n) is 55.6. The Morgan fingerprint density at radius 3 is 0.839 bits per heavy atom. The van der Waals surface area contributed by atoms with Crippen molar-refractivity contribution in [2.45, 2.75) is 245 Å². The van der Waals surface area contributed by atoms with Gasteiger partial charge in [0.1, 0.15) is 6.10 Å². The number of esters is 10. The molecule has 0 bridgehead atoms. The molecule has 0 heterocycles. The van der Waals surface area contributed by atoms with Gasteiger partial charge in [0.2, 0.25) is 0 Å². The Hall–Kier alpha value is -6.87. The lowest BCUT2D eigenvalue weighted by atomic mass is 10.2. The Labute approximate surface area is 549 Å². The Kier molecular flexibility index (Phi) is 57.9. The molecule has 0 aromatic heterocycles. The molecular formula is C66H108O27. The summed E-state index contributed by atoms with van der Waals surface area (Å²) in [6.07, 6.45) is 12.4. The summed E-state index contributed by atoms with van der Waals surface area (Å²) in [6.45, 7) is 15.4. The minimum absolute atomic E-state index is 0.0371. The summed E-state index contributed by atoms with van der Waals surface area (Å²) in [5, 5.41) is 0. The summed E-state index contributed by atoms with van der Waals surface area (Å²) < 4.78 is 83.2. The zero-order valence-corrected chi connectivity index (χ0v) is 55.6. The third-order valence-corrected chi connectivity index (χ3v) is 12.9. The van der Waals surface area contributed by atoms with Gasteiger partial charge in [0.15, 0.2) is 12.6 Å². The molecule has 27 heteroatoms. The number of unbranched alkanes of at least 4 members (excludes halogenated alkanes) is 11. The molecule has 0 aromatic rings. The van der Waals surface area contributed by atoms with Crippen LogP contribution in [0.5, 0.6) is 0 Å². The van der Waals surface area contributed by atoms with Crippen LogP contribution in [0.2, 0.25) is 0 Å². The molecule has 534 valence electrons. The standard InChI is InChI=1S/C66H108O27/c1-6-78-40-18-21-45-83-56(67)30-8-11-33-59(70)86-48-26-24-43-81-54(4)91-63(74)37-15-16-38-64(75)92-55(5)82-44-25-27-49-87-60(71)34-12-10-32-58(69)85-47-23-20-42-80-52-53(3)90-62(73)36-14-17-39-65(76)93-66(77)89-51-29-28-50-88-61(72)35-13-9-31-57(68)84-46-22-19-41-79-7-2/h6-7,53-55H,1-2,8-52H2,3-5H3. The fourth-order valence-corrected chi connectivity index (χ4v) is 7.85. The van der Waals surface area contributed by atoms with Crippen molar-refractivity contribution in [1.82, 2.24) is 0 Å². The molecule has 0 aromatic carbocycles. The second-order valence-electron chi connectivity index (χ2n) is 21.5. The van der Waals surface area contributed by atoms with E-state index in [-0.39, 0.29) is 147 Å². The van der Waals surface area contributed by atoms with Gasteiger partial charge in [0, 0.05) is 70.8 Å². The maximum Gasteiger partial charge on any atom is 0.516 e. The van der Waals surface area contributed by atoms with Crippen LogP contribution in [-0.2, 0) is 124 Å². The van der Waals surface area contributed by atoms with Crippen LogP contribution in [0.15, 0.2) is 25.7 Å². The number of hydrogen-bond donors (Lipinski definition) is 0. The number of carbonyl (C=O) groups is 11. The van der Waals surface area contributed by atoms with Crippen LogP contribution in [0.25, 0.3) is 0 Å². The lowest BCUT2D eigenvalue weighted by Crippen LogP contribution is -2.20. The molecule has 0 aliphatic heterocycles. The van der Waals surface area contributed by atoms with E-state index in [0.29, 0.717) is 162 Å². The van der Waals surface area contributed by atoms with Crippen LogP contribution in [0.1, 0.15) is 226 Å². The molecule has 0 aliphatic carbocycles. The predicted molar refractivity (Wildman–Crippen MR) is 333 cm³/mol. The first-order valence-electron chi connectivity index (χ1n) is 33.1. The van der Waals surface area contributed by atoms with Gasteiger partial charge in [-0.25, -0.2) is 4.79 Å². The molecule has 27 nitrogen and oxygen atoms in total. The van der Waals surface area contributed by atoms with Crippen LogP contribution >= 0.6 is 0 Å². The molecule has 93 heavy (non-hydrogen) atoms. The van der Waals surface area contributed by atoms with Gasteiger partial charge in [0.05, 0.1) is 91.8 Å². The highest BCUT2D eigenvalue weighted by molar-refractivity contribution is 5.81. The van der Waals surface area contributed by atoms with E-state index in [4.69, 9.17) is 71.1 Å². The van der Waals surface area contributed by atoms with Crippen molar-refractivity contribution in [2.75, 3.05) is 85.9 Å². The third-order valence-electron chi connectivity index (χ3n) is 12.9. The van der Waals surface area contributed by atoms with Crippen LogP contribution < -0.4 is 0 Å². The first kappa shape index (κ1) is 86.1. The van der Waals surface area contributed by atoms with E-state index in [0.717, 1.165) is 12.8 Å². The quantitative estimate of drug-likeness (QED) is 0.0136. The average Bonchev–Trinajstić information content (AvgIpc) is 3.59. The molecule has 0 N–H and O–H groups in total. The summed E-state index contributed by atoms with van der Waals surface area (Å²) in [4.78, 5) is 132. The van der Waals surface area contributed by atoms with Gasteiger partial charge < -0.3 is 75.8 Å². The molecular weight excluding hydrogens is 1220 g/mol. The van der Waals surface area contributed by atoms with Crippen LogP contribution in [0, 0.1) is 0 Å². The number of ether oxygens (including phenoxy) is 16. The highest BCUT2D eigenvalue weighted by Gasteiger charge is 2.17. The Morgan fingerprint density at radius 2 is 0.527 bits per heavy atom. The van der Waals surface area contributed by atoms with Crippen LogP contribution in [-0.4, -0.2) is 170 Å². The fourth-order valence-electron chi connectivity index (χ4n) is 7.85. The number of hydrogen-bond acceptors (Lipinski definition) is 27. The van der Waals surface area contributed by atoms with E-state index < -0.39 is 54.7 Å². The van der Waals surface area contributed by atoms with Crippen molar-refractivity contribution in [3.05, 3.63) is 25.7 Å². The van der Waals surface area contributed by atoms with Gasteiger partial charge in [-0.15, -0.1) is 0 Å². The van der Waals surface area contributed by atoms with Crippen molar-refractivity contribution >= 4 is 65.8 Å². The zero-order chi connectivity index (χ0) is 68.6. The van der Waals surface area contributed by atoms with Crippen molar-refractivity contribution in [3.63, 3.8) is 0 Å².